The Hall–Kier alpha value is -2.30. The summed E-state index contributed by atoms with van der Waals surface area (Å²) in [6.07, 6.45) is 0.402. The molecule has 2 saturated carbocycles. The van der Waals surface area contributed by atoms with Crippen molar-refractivity contribution in [3.05, 3.63) is 20.2 Å². The fourth-order valence-electron chi connectivity index (χ4n) is 2.65. The van der Waals surface area contributed by atoms with Crippen molar-refractivity contribution in [2.45, 2.75) is 37.4 Å². The fraction of sp³-hybridized carbons (Fsp3) is 0.846. The summed E-state index contributed by atoms with van der Waals surface area (Å²) in [5, 5.41) is 26.5. The van der Waals surface area contributed by atoms with Crippen LogP contribution >= 0.6 is 0 Å². The smallest absolute Gasteiger partial charge is 0.230 e. The number of nitrogens with one attached hydrogen (secondary N) is 2. The summed E-state index contributed by atoms with van der Waals surface area (Å²) in [7, 11) is 1.42. The Morgan fingerprint density at radius 3 is 2.04 bits per heavy atom. The zero-order valence-electron chi connectivity index (χ0n) is 13.4. The summed E-state index contributed by atoms with van der Waals surface area (Å²) in [4.78, 5) is 44.2. The fourth-order valence-corrected chi connectivity index (χ4v) is 2.65. The van der Waals surface area contributed by atoms with Crippen molar-refractivity contribution < 1.29 is 24.2 Å². The third-order valence-electron chi connectivity index (χ3n) is 4.27. The van der Waals surface area contributed by atoms with Crippen molar-refractivity contribution in [1.82, 2.24) is 10.6 Å². The van der Waals surface area contributed by atoms with Gasteiger partial charge in [0.05, 0.1) is 12.1 Å². The van der Waals surface area contributed by atoms with Crippen molar-refractivity contribution >= 4 is 11.8 Å². The lowest BCUT2D eigenvalue weighted by atomic mass is 10.0. The molecule has 11 nitrogen and oxygen atoms in total. The Bertz CT molecular complexity index is 569. The van der Waals surface area contributed by atoms with Gasteiger partial charge in [0.1, 0.15) is 11.8 Å². The minimum Gasteiger partial charge on any atom is -0.382 e. The summed E-state index contributed by atoms with van der Waals surface area (Å²) in [6.45, 7) is 1.73. The Kier molecular flexibility index (Phi) is 5.02. The molecule has 2 N–H and O–H groups in total. The molecular weight excluding hydrogens is 324 g/mol. The molecule has 2 fully saturated rings. The normalized spacial score (nSPS) is 29.9. The van der Waals surface area contributed by atoms with E-state index in [2.05, 4.69) is 10.6 Å². The molecule has 0 heterocycles. The molecule has 2 amide bonds. The number of amides is 2. The number of methoxy groups -OCH3 is 1. The number of carbonyl (C=O) groups is 2. The average Bonchev–Trinajstić information content (AvgIpc) is 3.37. The SMILES string of the molecule is COC[C@](C)(CNC(=O)[C@@H]1C[C@@H]1[N+](=O)[O-])NC(=O)[C@@H]1C[C@@H]1[N+](=O)[O-]. The Balaban J connectivity index is 1.86. The molecule has 0 saturated heterocycles. The monoisotopic (exact) mass is 344 g/mol. The van der Waals surface area contributed by atoms with Crippen LogP contribution in [-0.4, -0.2) is 59.5 Å². The molecule has 0 spiro atoms. The molecule has 0 aromatic heterocycles. The van der Waals surface area contributed by atoms with Crippen LogP contribution in [0.4, 0.5) is 0 Å². The van der Waals surface area contributed by atoms with Gasteiger partial charge in [0, 0.05) is 36.3 Å². The summed E-state index contributed by atoms with van der Waals surface area (Å²) in [6, 6.07) is -1.71. The lowest BCUT2D eigenvalue weighted by molar-refractivity contribution is -0.497. The molecule has 134 valence electrons. The molecule has 0 aromatic rings. The second kappa shape index (κ2) is 6.67. The molecule has 0 bridgehead atoms. The van der Waals surface area contributed by atoms with E-state index in [-0.39, 0.29) is 26.0 Å². The van der Waals surface area contributed by atoms with Gasteiger partial charge in [-0.25, -0.2) is 0 Å². The summed E-state index contributed by atoms with van der Waals surface area (Å²) < 4.78 is 5.04. The number of hydrogen-bond donors (Lipinski definition) is 2. The number of hydrogen-bond acceptors (Lipinski definition) is 7. The van der Waals surface area contributed by atoms with Gasteiger partial charge >= 0.3 is 0 Å². The third-order valence-corrected chi connectivity index (χ3v) is 4.27. The predicted molar refractivity (Wildman–Crippen MR) is 79.2 cm³/mol. The summed E-state index contributed by atoms with van der Waals surface area (Å²) in [5.41, 5.74) is -0.954. The highest BCUT2D eigenvalue weighted by Gasteiger charge is 2.55. The molecule has 2 aliphatic rings. The van der Waals surface area contributed by atoms with Gasteiger partial charge in [-0.3, -0.25) is 29.8 Å². The first kappa shape index (κ1) is 18.0. The Morgan fingerprint density at radius 1 is 1.12 bits per heavy atom. The van der Waals surface area contributed by atoms with E-state index in [9.17, 15) is 29.8 Å². The maximum Gasteiger partial charge on any atom is 0.230 e. The maximum atomic E-state index is 12.1. The van der Waals surface area contributed by atoms with Crippen LogP contribution in [0.5, 0.6) is 0 Å². The van der Waals surface area contributed by atoms with Gasteiger partial charge in [0.25, 0.3) is 0 Å². The first-order valence-electron chi connectivity index (χ1n) is 7.54. The van der Waals surface area contributed by atoms with E-state index in [1.807, 2.05) is 0 Å². The molecule has 0 unspecified atom stereocenters. The molecule has 11 heteroatoms. The van der Waals surface area contributed by atoms with Crippen LogP contribution in [0.25, 0.3) is 0 Å². The minimum absolute atomic E-state index is 0.0161. The van der Waals surface area contributed by atoms with E-state index in [4.69, 9.17) is 4.74 Å². The molecule has 24 heavy (non-hydrogen) atoms. The van der Waals surface area contributed by atoms with Gasteiger partial charge in [-0.2, -0.15) is 0 Å². The zero-order chi connectivity index (χ0) is 18.1. The molecule has 0 aromatic carbocycles. The molecule has 2 aliphatic carbocycles. The highest BCUT2D eigenvalue weighted by molar-refractivity contribution is 5.83. The van der Waals surface area contributed by atoms with Crippen LogP contribution in [-0.2, 0) is 14.3 Å². The molecule has 2 rings (SSSR count). The second-order valence-corrected chi connectivity index (χ2v) is 6.59. The Morgan fingerprint density at radius 2 is 1.62 bits per heavy atom. The van der Waals surface area contributed by atoms with Crippen LogP contribution in [0, 0.1) is 32.1 Å². The second-order valence-electron chi connectivity index (χ2n) is 6.59. The number of nitrogens with zero attached hydrogens (tertiary/aromatic N) is 2. The van der Waals surface area contributed by atoms with Crippen LogP contribution in [0.15, 0.2) is 0 Å². The summed E-state index contributed by atoms with van der Waals surface area (Å²) >= 11 is 0. The molecule has 0 aliphatic heterocycles. The number of ether oxygens (including phenoxy) is 1. The topological polar surface area (TPSA) is 154 Å². The molecule has 5 atom stereocenters. The van der Waals surface area contributed by atoms with Gasteiger partial charge in [-0.15, -0.1) is 0 Å². The van der Waals surface area contributed by atoms with Crippen LogP contribution in [0.2, 0.25) is 0 Å². The van der Waals surface area contributed by atoms with Crippen molar-refractivity contribution in [2.75, 3.05) is 20.3 Å². The minimum atomic E-state index is -0.954. The van der Waals surface area contributed by atoms with Crippen LogP contribution in [0.1, 0.15) is 19.8 Å². The number of rotatable bonds is 9. The van der Waals surface area contributed by atoms with Crippen molar-refractivity contribution in [2.24, 2.45) is 11.8 Å². The zero-order valence-corrected chi connectivity index (χ0v) is 13.4. The third kappa shape index (κ3) is 4.16. The van der Waals surface area contributed by atoms with E-state index in [1.165, 1.54) is 7.11 Å². The van der Waals surface area contributed by atoms with E-state index in [1.54, 1.807) is 6.92 Å². The molecule has 0 radical (unpaired) electrons. The first-order chi connectivity index (χ1) is 11.2. The van der Waals surface area contributed by atoms with E-state index >= 15 is 0 Å². The van der Waals surface area contributed by atoms with Gasteiger partial charge < -0.3 is 15.4 Å². The lowest BCUT2D eigenvalue weighted by Crippen LogP contribution is -2.57. The van der Waals surface area contributed by atoms with Crippen LogP contribution < -0.4 is 10.6 Å². The standard InChI is InChI=1S/C13H20N4O7/c1-13(6-24-2,15-12(19)8-4-10(8)17(22)23)5-14-11(18)7-3-9(7)16(20)21/h7-10H,3-6H2,1-2H3,(H,14,18)(H,15,19)/t7-,8-,9+,10+,13+/m1/s1. The quantitative estimate of drug-likeness (QED) is 0.400. The van der Waals surface area contributed by atoms with E-state index in [0.717, 1.165) is 0 Å². The highest BCUT2D eigenvalue weighted by atomic mass is 16.6. The van der Waals surface area contributed by atoms with E-state index in [0.29, 0.717) is 0 Å². The van der Waals surface area contributed by atoms with Gasteiger partial charge in [0.15, 0.2) is 0 Å². The number of carbonyl (C=O) groups excluding carboxylic acids is 2. The maximum absolute atomic E-state index is 12.1. The van der Waals surface area contributed by atoms with Gasteiger partial charge in [-0.1, -0.05) is 0 Å². The highest BCUT2D eigenvalue weighted by Crippen LogP contribution is 2.34. The Labute approximate surface area is 137 Å². The largest absolute Gasteiger partial charge is 0.382 e. The van der Waals surface area contributed by atoms with E-state index < -0.39 is 51.1 Å². The number of nitro groups is 2. The lowest BCUT2D eigenvalue weighted by Gasteiger charge is -2.30. The van der Waals surface area contributed by atoms with Gasteiger partial charge in [-0.05, 0) is 6.92 Å². The predicted octanol–water partition coefficient (Wildman–Crippen LogP) is -1.05. The summed E-state index contributed by atoms with van der Waals surface area (Å²) in [5.74, 6) is -2.22. The first-order valence-corrected chi connectivity index (χ1v) is 7.54. The van der Waals surface area contributed by atoms with Gasteiger partial charge in [0.2, 0.25) is 23.9 Å². The van der Waals surface area contributed by atoms with Crippen molar-refractivity contribution in [3.8, 4) is 0 Å². The van der Waals surface area contributed by atoms with Crippen LogP contribution in [0.3, 0.4) is 0 Å². The average molecular weight is 344 g/mol. The van der Waals surface area contributed by atoms with Crippen molar-refractivity contribution in [1.29, 1.82) is 0 Å². The molecular formula is C13H20N4O7. The van der Waals surface area contributed by atoms with Crippen molar-refractivity contribution in [3.63, 3.8) is 0 Å².